The van der Waals surface area contributed by atoms with Crippen molar-refractivity contribution in [1.29, 1.82) is 0 Å². The number of urea groups is 1. The van der Waals surface area contributed by atoms with Gasteiger partial charge in [0.2, 0.25) is 5.89 Å². The van der Waals surface area contributed by atoms with E-state index in [1.807, 2.05) is 0 Å². The number of nitrogens with zero attached hydrogens (tertiary/aromatic N) is 2. The van der Waals surface area contributed by atoms with E-state index < -0.39 is 5.97 Å². The summed E-state index contributed by atoms with van der Waals surface area (Å²) in [7, 11) is 0. The molecule has 20 heavy (non-hydrogen) atoms. The van der Waals surface area contributed by atoms with Crippen LogP contribution >= 0.6 is 0 Å². The van der Waals surface area contributed by atoms with Crippen LogP contribution in [0, 0.1) is 12.8 Å². The lowest BCUT2D eigenvalue weighted by atomic mass is 9.95. The molecule has 0 aliphatic carbocycles. The third kappa shape index (κ3) is 3.97. The highest BCUT2D eigenvalue weighted by atomic mass is 16.4. The number of carboxylic acid groups (broad SMARTS) is 1. The molecule has 1 aliphatic rings. The number of aryl methyl sites for hydroxylation is 1. The Morgan fingerprint density at radius 1 is 1.60 bits per heavy atom. The van der Waals surface area contributed by atoms with E-state index in [-0.39, 0.29) is 24.9 Å². The molecule has 1 aromatic heterocycles. The zero-order valence-corrected chi connectivity index (χ0v) is 11.5. The molecule has 7 nitrogen and oxygen atoms in total. The van der Waals surface area contributed by atoms with Crippen LogP contribution in [-0.4, -0.2) is 40.1 Å². The number of likely N-dealkylation sites (tertiary alicyclic amines) is 1. The molecule has 1 atom stereocenters. The van der Waals surface area contributed by atoms with Crippen molar-refractivity contribution in [2.45, 2.75) is 32.7 Å². The first-order valence-electron chi connectivity index (χ1n) is 6.70. The highest BCUT2D eigenvalue weighted by Crippen LogP contribution is 2.19. The topological polar surface area (TPSA) is 95.7 Å². The Balaban J connectivity index is 1.81. The molecule has 2 heterocycles. The second-order valence-electron chi connectivity index (χ2n) is 5.08. The van der Waals surface area contributed by atoms with Gasteiger partial charge in [-0.15, -0.1) is 0 Å². The molecule has 110 valence electrons. The molecule has 1 saturated heterocycles. The van der Waals surface area contributed by atoms with Crippen LogP contribution in [0.25, 0.3) is 0 Å². The normalized spacial score (nSPS) is 18.9. The minimum absolute atomic E-state index is 0.0379. The lowest BCUT2D eigenvalue weighted by molar-refractivity contribution is -0.138. The van der Waals surface area contributed by atoms with Crippen molar-refractivity contribution in [2.24, 2.45) is 5.92 Å². The molecule has 0 aromatic carbocycles. The number of aliphatic carboxylic acids is 1. The van der Waals surface area contributed by atoms with E-state index in [9.17, 15) is 9.59 Å². The summed E-state index contributed by atoms with van der Waals surface area (Å²) in [5.74, 6) is 0.396. The van der Waals surface area contributed by atoms with E-state index in [0.717, 1.165) is 12.8 Å². The number of carbonyl (C=O) groups is 2. The van der Waals surface area contributed by atoms with Crippen LogP contribution in [0.5, 0.6) is 0 Å². The molecule has 2 rings (SSSR count). The van der Waals surface area contributed by atoms with Gasteiger partial charge >= 0.3 is 12.0 Å². The third-order valence-corrected chi connectivity index (χ3v) is 3.33. The molecule has 0 spiro atoms. The van der Waals surface area contributed by atoms with Gasteiger partial charge in [0.05, 0.1) is 12.7 Å². The number of oxazole rings is 1. The molecule has 2 N–H and O–H groups in total. The van der Waals surface area contributed by atoms with E-state index in [1.54, 1.807) is 18.0 Å². The van der Waals surface area contributed by atoms with Gasteiger partial charge < -0.3 is 19.7 Å². The van der Waals surface area contributed by atoms with E-state index in [0.29, 0.717) is 24.7 Å². The predicted molar refractivity (Wildman–Crippen MR) is 70.0 cm³/mol. The van der Waals surface area contributed by atoms with Gasteiger partial charge in [0, 0.05) is 19.5 Å². The number of rotatable bonds is 4. The van der Waals surface area contributed by atoms with Crippen molar-refractivity contribution < 1.29 is 19.1 Å². The third-order valence-electron chi connectivity index (χ3n) is 3.33. The molecule has 1 aromatic rings. The van der Waals surface area contributed by atoms with E-state index in [1.165, 1.54) is 0 Å². The number of amides is 2. The summed E-state index contributed by atoms with van der Waals surface area (Å²) in [5.41, 5.74) is 0. The van der Waals surface area contributed by atoms with Gasteiger partial charge in [0.1, 0.15) is 5.76 Å². The fourth-order valence-electron chi connectivity index (χ4n) is 2.41. The highest BCUT2D eigenvalue weighted by Gasteiger charge is 2.25. The van der Waals surface area contributed by atoms with Gasteiger partial charge in [0.25, 0.3) is 0 Å². The van der Waals surface area contributed by atoms with Crippen LogP contribution in [0.1, 0.15) is 30.9 Å². The molecular formula is C13H19N3O4. The van der Waals surface area contributed by atoms with Crippen molar-refractivity contribution in [2.75, 3.05) is 13.1 Å². The Kier molecular flexibility index (Phi) is 4.60. The average Bonchev–Trinajstić information content (AvgIpc) is 2.81. The van der Waals surface area contributed by atoms with Crippen LogP contribution < -0.4 is 5.32 Å². The van der Waals surface area contributed by atoms with Crippen LogP contribution in [0.3, 0.4) is 0 Å². The maximum Gasteiger partial charge on any atom is 0.317 e. The summed E-state index contributed by atoms with van der Waals surface area (Å²) in [4.78, 5) is 28.4. The fourth-order valence-corrected chi connectivity index (χ4v) is 2.41. The van der Waals surface area contributed by atoms with Crippen molar-refractivity contribution >= 4 is 12.0 Å². The number of carbonyl (C=O) groups excluding carboxylic acids is 1. The molecule has 2 amide bonds. The summed E-state index contributed by atoms with van der Waals surface area (Å²) in [6.07, 6.45) is 3.41. The predicted octanol–water partition coefficient (Wildman–Crippen LogP) is 1.38. The van der Waals surface area contributed by atoms with E-state index in [2.05, 4.69) is 10.3 Å². The second-order valence-corrected chi connectivity index (χ2v) is 5.08. The quantitative estimate of drug-likeness (QED) is 0.869. The van der Waals surface area contributed by atoms with Crippen LogP contribution in [0.2, 0.25) is 0 Å². The molecule has 1 unspecified atom stereocenters. The summed E-state index contributed by atoms with van der Waals surface area (Å²) in [6.45, 7) is 3.18. The monoisotopic (exact) mass is 281 g/mol. The second kappa shape index (κ2) is 6.40. The molecule has 1 fully saturated rings. The Morgan fingerprint density at radius 2 is 2.40 bits per heavy atom. The maximum absolute atomic E-state index is 12.0. The smallest absolute Gasteiger partial charge is 0.317 e. The van der Waals surface area contributed by atoms with E-state index >= 15 is 0 Å². The van der Waals surface area contributed by atoms with Gasteiger partial charge in [0.15, 0.2) is 0 Å². The van der Waals surface area contributed by atoms with Crippen LogP contribution in [0.4, 0.5) is 4.79 Å². The molecule has 1 aliphatic heterocycles. The maximum atomic E-state index is 12.0. The molecule has 0 saturated carbocycles. The first-order chi connectivity index (χ1) is 9.54. The average molecular weight is 281 g/mol. The number of nitrogens with one attached hydrogen (secondary N) is 1. The largest absolute Gasteiger partial charge is 0.481 e. The lowest BCUT2D eigenvalue weighted by Gasteiger charge is -2.31. The van der Waals surface area contributed by atoms with Crippen LogP contribution in [0.15, 0.2) is 10.6 Å². The van der Waals surface area contributed by atoms with Gasteiger partial charge in [-0.2, -0.15) is 0 Å². The fraction of sp³-hybridized carbons (Fsp3) is 0.615. The van der Waals surface area contributed by atoms with Crippen molar-refractivity contribution in [3.8, 4) is 0 Å². The Hall–Kier alpha value is -2.05. The number of carboxylic acids is 1. The minimum atomic E-state index is -0.812. The highest BCUT2D eigenvalue weighted by molar-refractivity contribution is 5.74. The van der Waals surface area contributed by atoms with Crippen molar-refractivity contribution in [3.05, 3.63) is 17.8 Å². The lowest BCUT2D eigenvalue weighted by Crippen LogP contribution is -2.45. The van der Waals surface area contributed by atoms with Gasteiger partial charge in [-0.3, -0.25) is 4.79 Å². The first kappa shape index (κ1) is 14.4. The van der Waals surface area contributed by atoms with Gasteiger partial charge in [-0.25, -0.2) is 9.78 Å². The number of aromatic nitrogens is 1. The molecule has 0 bridgehead atoms. The summed E-state index contributed by atoms with van der Waals surface area (Å²) in [5, 5.41) is 11.5. The Labute approximate surface area is 117 Å². The minimum Gasteiger partial charge on any atom is -0.481 e. The zero-order valence-electron chi connectivity index (χ0n) is 11.5. The number of piperidine rings is 1. The zero-order chi connectivity index (χ0) is 14.5. The summed E-state index contributed by atoms with van der Waals surface area (Å²) in [6, 6.07) is -0.198. The number of hydrogen-bond acceptors (Lipinski definition) is 4. The van der Waals surface area contributed by atoms with Gasteiger partial charge in [-0.05, 0) is 25.7 Å². The van der Waals surface area contributed by atoms with E-state index in [4.69, 9.17) is 9.52 Å². The van der Waals surface area contributed by atoms with Gasteiger partial charge in [-0.1, -0.05) is 0 Å². The molecule has 7 heteroatoms. The first-order valence-corrected chi connectivity index (χ1v) is 6.70. The number of hydrogen-bond donors (Lipinski definition) is 2. The summed E-state index contributed by atoms with van der Waals surface area (Å²) >= 11 is 0. The SMILES string of the molecule is Cc1cnc(CNC(=O)N2CCCC(CC(=O)O)C2)o1. The molecular weight excluding hydrogens is 262 g/mol. The Bertz CT molecular complexity index is 486. The van der Waals surface area contributed by atoms with Crippen LogP contribution in [-0.2, 0) is 11.3 Å². The summed E-state index contributed by atoms with van der Waals surface area (Å²) < 4.78 is 5.27. The molecule has 0 radical (unpaired) electrons. The van der Waals surface area contributed by atoms with Crippen molar-refractivity contribution in [3.63, 3.8) is 0 Å². The Morgan fingerprint density at radius 3 is 3.05 bits per heavy atom. The standard InChI is InChI=1S/C13H19N3O4/c1-9-6-14-11(20-9)7-15-13(19)16-4-2-3-10(8-16)5-12(17)18/h6,10H,2-5,7-8H2,1H3,(H,15,19)(H,17,18). The van der Waals surface area contributed by atoms with Crippen molar-refractivity contribution in [1.82, 2.24) is 15.2 Å².